The van der Waals surface area contributed by atoms with Crippen LogP contribution in [-0.4, -0.2) is 10.3 Å². The second-order valence-electron chi connectivity index (χ2n) is 9.73. The summed E-state index contributed by atoms with van der Waals surface area (Å²) >= 11 is 0. The number of rotatable bonds is 6. The Morgan fingerprint density at radius 1 is 0.897 bits per heavy atom. The molecule has 0 atom stereocenters. The Kier molecular flexibility index (Phi) is 6.19. The van der Waals surface area contributed by atoms with Crippen molar-refractivity contribution in [3.8, 4) is 0 Å². The highest BCUT2D eigenvalue weighted by atomic mass is 19.1. The highest BCUT2D eigenvalue weighted by Gasteiger charge is 2.31. The van der Waals surface area contributed by atoms with Crippen molar-refractivity contribution in [2.75, 3.05) is 5.32 Å². The molecular weight excluding hydrogens is 493 g/mol. The maximum absolute atomic E-state index is 14.6. The molecule has 2 aromatic heterocycles. The number of aliphatic imine (C=N–C) groups is 1. The molecule has 6 nitrogen and oxygen atoms in total. The standard InChI is InChI=1S/C32H26FN3O3/c1-19-27(34-25-16-10-9-15-24(25)33)26-30(39-32(19)38)28(20(2)36(31(26)37)23-17-18-23)35-29(21-11-5-3-6-12-21)22-13-7-4-8-14-22/h3-16,23,34H,17-18H2,1-2H3. The topological polar surface area (TPSA) is 76.6 Å². The van der Waals surface area contributed by atoms with Gasteiger partial charge in [0, 0.05) is 22.9 Å². The molecule has 3 aromatic carbocycles. The average molecular weight is 520 g/mol. The van der Waals surface area contributed by atoms with Gasteiger partial charge in [0.05, 0.1) is 22.6 Å². The molecule has 5 aromatic rings. The monoisotopic (exact) mass is 519 g/mol. The first-order valence-corrected chi connectivity index (χ1v) is 12.9. The summed E-state index contributed by atoms with van der Waals surface area (Å²) in [5, 5.41) is 3.19. The molecule has 1 saturated carbocycles. The Balaban J connectivity index is 1.71. The minimum absolute atomic E-state index is 0.0290. The molecule has 1 N–H and O–H groups in total. The maximum Gasteiger partial charge on any atom is 0.341 e. The van der Waals surface area contributed by atoms with E-state index in [1.54, 1.807) is 29.7 Å². The van der Waals surface area contributed by atoms with Crippen molar-refractivity contribution < 1.29 is 8.81 Å². The second kappa shape index (κ2) is 9.83. The summed E-state index contributed by atoms with van der Waals surface area (Å²) in [5.41, 5.74) is 3.16. The zero-order valence-electron chi connectivity index (χ0n) is 21.6. The first-order valence-electron chi connectivity index (χ1n) is 12.9. The van der Waals surface area contributed by atoms with Gasteiger partial charge in [0.25, 0.3) is 5.56 Å². The van der Waals surface area contributed by atoms with E-state index in [1.807, 2.05) is 67.6 Å². The number of aromatic nitrogens is 1. The Bertz CT molecular complexity index is 1810. The van der Waals surface area contributed by atoms with E-state index < -0.39 is 11.4 Å². The Morgan fingerprint density at radius 3 is 2.08 bits per heavy atom. The van der Waals surface area contributed by atoms with Gasteiger partial charge in [-0.1, -0.05) is 72.8 Å². The summed E-state index contributed by atoms with van der Waals surface area (Å²) in [4.78, 5) is 32.2. The number of fused-ring (bicyclic) bond motifs is 1. The molecule has 0 spiro atoms. The Morgan fingerprint density at radius 2 is 1.49 bits per heavy atom. The number of halogens is 1. The summed E-state index contributed by atoms with van der Waals surface area (Å²) in [7, 11) is 0. The zero-order valence-corrected chi connectivity index (χ0v) is 21.6. The van der Waals surface area contributed by atoms with Crippen molar-refractivity contribution in [1.82, 2.24) is 4.57 Å². The van der Waals surface area contributed by atoms with Gasteiger partial charge in [-0.3, -0.25) is 4.79 Å². The van der Waals surface area contributed by atoms with Crippen LogP contribution >= 0.6 is 0 Å². The van der Waals surface area contributed by atoms with Gasteiger partial charge in [-0.05, 0) is 38.8 Å². The summed E-state index contributed by atoms with van der Waals surface area (Å²) in [6.45, 7) is 3.40. The van der Waals surface area contributed by atoms with Crippen LogP contribution in [0.4, 0.5) is 21.5 Å². The van der Waals surface area contributed by atoms with Gasteiger partial charge in [-0.2, -0.15) is 0 Å². The molecule has 0 unspecified atom stereocenters. The Labute approximate surface area is 224 Å². The molecule has 39 heavy (non-hydrogen) atoms. The Hall–Kier alpha value is -4.78. The highest BCUT2D eigenvalue weighted by Crippen LogP contribution is 2.40. The number of nitrogens with one attached hydrogen (secondary N) is 1. The molecule has 6 rings (SSSR count). The van der Waals surface area contributed by atoms with Crippen LogP contribution in [0.25, 0.3) is 11.0 Å². The van der Waals surface area contributed by atoms with E-state index in [0.29, 0.717) is 17.1 Å². The summed E-state index contributed by atoms with van der Waals surface area (Å²) in [6, 6.07) is 25.6. The first kappa shape index (κ1) is 24.6. The van der Waals surface area contributed by atoms with E-state index in [1.165, 1.54) is 6.07 Å². The van der Waals surface area contributed by atoms with Crippen LogP contribution in [-0.2, 0) is 0 Å². The maximum atomic E-state index is 14.6. The van der Waals surface area contributed by atoms with Crippen molar-refractivity contribution in [2.45, 2.75) is 32.7 Å². The second-order valence-corrected chi connectivity index (χ2v) is 9.73. The van der Waals surface area contributed by atoms with Gasteiger partial charge in [0.15, 0.2) is 5.58 Å². The number of hydrogen-bond donors (Lipinski definition) is 1. The van der Waals surface area contributed by atoms with Crippen molar-refractivity contribution >= 4 is 33.7 Å². The number of benzene rings is 3. The lowest BCUT2D eigenvalue weighted by molar-refractivity contribution is 0.552. The molecule has 0 aliphatic heterocycles. The van der Waals surface area contributed by atoms with Gasteiger partial charge in [0.2, 0.25) is 0 Å². The van der Waals surface area contributed by atoms with E-state index in [0.717, 1.165) is 24.0 Å². The highest BCUT2D eigenvalue weighted by molar-refractivity contribution is 6.15. The predicted octanol–water partition coefficient (Wildman–Crippen LogP) is 6.96. The van der Waals surface area contributed by atoms with Crippen LogP contribution in [0.3, 0.4) is 0 Å². The number of hydrogen-bond acceptors (Lipinski definition) is 5. The SMILES string of the molecule is Cc1c(Nc2ccccc2F)c2c(=O)n(C3CC3)c(C)c(N=C(c3ccccc3)c3ccccc3)c2oc1=O. The van der Waals surface area contributed by atoms with Crippen LogP contribution in [0.1, 0.15) is 41.3 Å². The third-order valence-electron chi connectivity index (χ3n) is 7.07. The molecule has 0 amide bonds. The van der Waals surface area contributed by atoms with E-state index in [9.17, 15) is 14.0 Å². The van der Waals surface area contributed by atoms with E-state index in [4.69, 9.17) is 9.41 Å². The van der Waals surface area contributed by atoms with E-state index in [2.05, 4.69) is 5.32 Å². The quantitative estimate of drug-likeness (QED) is 0.246. The minimum Gasteiger partial charge on any atom is -0.420 e. The zero-order chi connectivity index (χ0) is 27.1. The van der Waals surface area contributed by atoms with E-state index >= 15 is 0 Å². The molecule has 0 bridgehead atoms. The van der Waals surface area contributed by atoms with Crippen molar-refractivity contribution in [3.63, 3.8) is 0 Å². The van der Waals surface area contributed by atoms with Gasteiger partial charge in [-0.25, -0.2) is 14.2 Å². The summed E-state index contributed by atoms with van der Waals surface area (Å²) < 4.78 is 22.2. The van der Waals surface area contributed by atoms with Crippen molar-refractivity contribution in [2.24, 2.45) is 4.99 Å². The molecule has 1 aliphatic carbocycles. The molecule has 1 aliphatic rings. The number of para-hydroxylation sites is 1. The molecule has 2 heterocycles. The van der Waals surface area contributed by atoms with Gasteiger partial charge in [-0.15, -0.1) is 0 Å². The third kappa shape index (κ3) is 4.46. The van der Waals surface area contributed by atoms with Crippen molar-refractivity contribution in [3.05, 3.63) is 134 Å². The minimum atomic E-state index is -0.623. The lowest BCUT2D eigenvalue weighted by atomic mass is 10.0. The fourth-order valence-corrected chi connectivity index (χ4v) is 4.90. The molecular formula is C32H26FN3O3. The van der Waals surface area contributed by atoms with E-state index in [-0.39, 0.29) is 39.5 Å². The molecule has 1 fully saturated rings. The first-order chi connectivity index (χ1) is 18.9. The summed E-state index contributed by atoms with van der Waals surface area (Å²) in [6.07, 6.45) is 1.73. The van der Waals surface area contributed by atoms with Gasteiger partial charge >= 0.3 is 5.63 Å². The van der Waals surface area contributed by atoms with Crippen LogP contribution in [0.2, 0.25) is 0 Å². The van der Waals surface area contributed by atoms with Crippen LogP contribution in [0.15, 0.2) is 104 Å². The van der Waals surface area contributed by atoms with Crippen LogP contribution in [0, 0.1) is 19.7 Å². The molecule has 7 heteroatoms. The largest absolute Gasteiger partial charge is 0.420 e. The smallest absolute Gasteiger partial charge is 0.341 e. The molecule has 0 radical (unpaired) electrons. The number of pyridine rings is 1. The van der Waals surface area contributed by atoms with Gasteiger partial charge in [0.1, 0.15) is 16.9 Å². The van der Waals surface area contributed by atoms with Crippen LogP contribution in [0.5, 0.6) is 0 Å². The normalized spacial score (nSPS) is 12.9. The van der Waals surface area contributed by atoms with Gasteiger partial charge < -0.3 is 14.3 Å². The number of anilines is 2. The fraction of sp³-hybridized carbons (Fsp3) is 0.156. The molecule has 194 valence electrons. The lowest BCUT2D eigenvalue weighted by Gasteiger charge is -2.18. The lowest BCUT2D eigenvalue weighted by Crippen LogP contribution is -2.24. The summed E-state index contributed by atoms with van der Waals surface area (Å²) in [5.74, 6) is -0.499. The predicted molar refractivity (Wildman–Crippen MR) is 152 cm³/mol. The average Bonchev–Trinajstić information content (AvgIpc) is 3.78. The number of nitrogens with zero attached hydrogens (tertiary/aromatic N) is 2. The van der Waals surface area contributed by atoms with Crippen molar-refractivity contribution in [1.29, 1.82) is 0 Å². The third-order valence-corrected chi connectivity index (χ3v) is 7.07. The van der Waals surface area contributed by atoms with Crippen LogP contribution < -0.4 is 16.5 Å². The molecule has 0 saturated heterocycles. The fourth-order valence-electron chi connectivity index (χ4n) is 4.90.